The second kappa shape index (κ2) is 8.06. The van der Waals surface area contributed by atoms with E-state index in [0.29, 0.717) is 31.7 Å². The standard InChI is InChI=1S/C12H21NO4/c14-11(5-1-2-6-12(15)16)13-8-10-4-3-7-17-9-10/h10H,1-9H2,(H,13,14)(H,15,16). The molecule has 1 unspecified atom stereocenters. The Morgan fingerprint density at radius 1 is 1.29 bits per heavy atom. The van der Waals surface area contributed by atoms with Crippen molar-refractivity contribution in [3.8, 4) is 0 Å². The average molecular weight is 243 g/mol. The third-order valence-electron chi connectivity index (χ3n) is 2.89. The van der Waals surface area contributed by atoms with Crippen LogP contribution in [-0.4, -0.2) is 36.7 Å². The fourth-order valence-electron chi connectivity index (χ4n) is 1.88. The molecule has 0 aromatic carbocycles. The Labute approximate surface area is 102 Å². The predicted octanol–water partition coefficient (Wildman–Crippen LogP) is 1.17. The van der Waals surface area contributed by atoms with Crippen molar-refractivity contribution in [1.29, 1.82) is 0 Å². The van der Waals surface area contributed by atoms with Gasteiger partial charge in [0.05, 0.1) is 6.61 Å². The molecule has 1 rings (SSSR count). The lowest BCUT2D eigenvalue weighted by Crippen LogP contribution is -2.33. The molecule has 2 N–H and O–H groups in total. The molecule has 5 nitrogen and oxygen atoms in total. The number of aliphatic carboxylic acids is 1. The summed E-state index contributed by atoms with van der Waals surface area (Å²) in [4.78, 5) is 21.7. The minimum absolute atomic E-state index is 0.0148. The van der Waals surface area contributed by atoms with Gasteiger partial charge in [0.15, 0.2) is 0 Å². The van der Waals surface area contributed by atoms with Gasteiger partial charge in [-0.25, -0.2) is 0 Å². The molecule has 0 spiro atoms. The van der Waals surface area contributed by atoms with E-state index in [1.54, 1.807) is 0 Å². The third kappa shape index (κ3) is 6.94. The summed E-state index contributed by atoms with van der Waals surface area (Å²) in [7, 11) is 0. The zero-order valence-electron chi connectivity index (χ0n) is 10.1. The minimum atomic E-state index is -0.801. The van der Waals surface area contributed by atoms with Gasteiger partial charge in [0.25, 0.3) is 0 Å². The van der Waals surface area contributed by atoms with Gasteiger partial charge in [0, 0.05) is 26.0 Å². The molecule has 0 aliphatic carbocycles. The quantitative estimate of drug-likeness (QED) is 0.658. The van der Waals surface area contributed by atoms with Gasteiger partial charge < -0.3 is 15.2 Å². The van der Waals surface area contributed by atoms with E-state index in [0.717, 1.165) is 26.1 Å². The van der Waals surface area contributed by atoms with Crippen LogP contribution in [0.4, 0.5) is 0 Å². The lowest BCUT2D eigenvalue weighted by molar-refractivity contribution is -0.137. The van der Waals surface area contributed by atoms with Crippen molar-refractivity contribution in [3.63, 3.8) is 0 Å². The van der Waals surface area contributed by atoms with E-state index in [4.69, 9.17) is 9.84 Å². The van der Waals surface area contributed by atoms with Crippen LogP contribution in [0.15, 0.2) is 0 Å². The van der Waals surface area contributed by atoms with E-state index >= 15 is 0 Å². The van der Waals surface area contributed by atoms with Crippen LogP contribution in [-0.2, 0) is 14.3 Å². The van der Waals surface area contributed by atoms with Crippen molar-refractivity contribution in [2.45, 2.75) is 38.5 Å². The number of unbranched alkanes of at least 4 members (excludes halogenated alkanes) is 1. The van der Waals surface area contributed by atoms with Crippen LogP contribution in [0.3, 0.4) is 0 Å². The Bertz CT molecular complexity index is 249. The van der Waals surface area contributed by atoms with Gasteiger partial charge in [0.2, 0.25) is 5.91 Å². The molecule has 1 fully saturated rings. The van der Waals surface area contributed by atoms with Crippen molar-refractivity contribution in [3.05, 3.63) is 0 Å². The Kier molecular flexibility index (Phi) is 6.62. The highest BCUT2D eigenvalue weighted by Gasteiger charge is 2.14. The minimum Gasteiger partial charge on any atom is -0.481 e. The van der Waals surface area contributed by atoms with E-state index in [1.165, 1.54) is 0 Å². The summed E-state index contributed by atoms with van der Waals surface area (Å²) in [5.74, 6) is -0.350. The Morgan fingerprint density at radius 2 is 2.06 bits per heavy atom. The summed E-state index contributed by atoms with van der Waals surface area (Å²) < 4.78 is 5.32. The van der Waals surface area contributed by atoms with E-state index in [2.05, 4.69) is 5.32 Å². The van der Waals surface area contributed by atoms with Crippen LogP contribution >= 0.6 is 0 Å². The molecule has 1 saturated heterocycles. The summed E-state index contributed by atoms with van der Waals surface area (Å²) in [5.41, 5.74) is 0. The van der Waals surface area contributed by atoms with Gasteiger partial charge in [-0.15, -0.1) is 0 Å². The Hall–Kier alpha value is -1.10. The highest BCUT2D eigenvalue weighted by molar-refractivity contribution is 5.75. The number of hydrogen-bond donors (Lipinski definition) is 2. The first-order valence-electron chi connectivity index (χ1n) is 6.24. The molecule has 98 valence electrons. The van der Waals surface area contributed by atoms with Crippen molar-refractivity contribution < 1.29 is 19.4 Å². The number of amides is 1. The van der Waals surface area contributed by atoms with Crippen molar-refractivity contribution in [1.82, 2.24) is 5.32 Å². The number of hydrogen-bond acceptors (Lipinski definition) is 3. The van der Waals surface area contributed by atoms with Crippen LogP contribution in [0.5, 0.6) is 0 Å². The zero-order valence-corrected chi connectivity index (χ0v) is 10.1. The number of carboxylic acids is 1. The van der Waals surface area contributed by atoms with Crippen molar-refractivity contribution in [2.75, 3.05) is 19.8 Å². The second-order valence-corrected chi connectivity index (χ2v) is 4.49. The van der Waals surface area contributed by atoms with Gasteiger partial charge in [-0.1, -0.05) is 0 Å². The van der Waals surface area contributed by atoms with E-state index in [9.17, 15) is 9.59 Å². The van der Waals surface area contributed by atoms with Gasteiger partial charge >= 0.3 is 5.97 Å². The van der Waals surface area contributed by atoms with Crippen LogP contribution < -0.4 is 5.32 Å². The second-order valence-electron chi connectivity index (χ2n) is 4.49. The highest BCUT2D eigenvalue weighted by Crippen LogP contribution is 2.12. The molecule has 1 atom stereocenters. The molecule has 0 bridgehead atoms. The average Bonchev–Trinajstić information content (AvgIpc) is 2.33. The first kappa shape index (κ1) is 14.0. The molecular formula is C12H21NO4. The smallest absolute Gasteiger partial charge is 0.303 e. The van der Waals surface area contributed by atoms with Crippen molar-refractivity contribution >= 4 is 11.9 Å². The predicted molar refractivity (Wildman–Crippen MR) is 62.7 cm³/mol. The van der Waals surface area contributed by atoms with Crippen LogP contribution in [0.1, 0.15) is 38.5 Å². The molecule has 0 aromatic rings. The SMILES string of the molecule is O=C(O)CCCCC(=O)NCC1CCCOC1. The number of carbonyl (C=O) groups excluding carboxylic acids is 1. The number of rotatable bonds is 7. The third-order valence-corrected chi connectivity index (χ3v) is 2.89. The van der Waals surface area contributed by atoms with E-state index < -0.39 is 5.97 Å². The van der Waals surface area contributed by atoms with Crippen LogP contribution in [0.25, 0.3) is 0 Å². The summed E-state index contributed by atoms with van der Waals surface area (Å²) in [5, 5.41) is 11.3. The summed E-state index contributed by atoms with van der Waals surface area (Å²) in [6, 6.07) is 0. The van der Waals surface area contributed by atoms with E-state index in [-0.39, 0.29) is 12.3 Å². The Balaban J connectivity index is 1.98. The molecule has 0 aromatic heterocycles. The summed E-state index contributed by atoms with van der Waals surface area (Å²) in [6.45, 7) is 2.25. The van der Waals surface area contributed by atoms with Crippen molar-refractivity contribution in [2.24, 2.45) is 5.92 Å². The van der Waals surface area contributed by atoms with Crippen LogP contribution in [0.2, 0.25) is 0 Å². The molecule has 1 heterocycles. The topological polar surface area (TPSA) is 75.6 Å². The molecule has 0 saturated carbocycles. The van der Waals surface area contributed by atoms with Gasteiger partial charge in [-0.3, -0.25) is 9.59 Å². The summed E-state index contributed by atoms with van der Waals surface area (Å²) >= 11 is 0. The number of carboxylic acid groups (broad SMARTS) is 1. The molecule has 5 heteroatoms. The van der Waals surface area contributed by atoms with Gasteiger partial charge in [0.1, 0.15) is 0 Å². The van der Waals surface area contributed by atoms with Crippen LogP contribution in [0, 0.1) is 5.92 Å². The first-order chi connectivity index (χ1) is 8.18. The number of carbonyl (C=O) groups is 2. The monoisotopic (exact) mass is 243 g/mol. The molecule has 17 heavy (non-hydrogen) atoms. The van der Waals surface area contributed by atoms with Gasteiger partial charge in [-0.05, 0) is 31.6 Å². The zero-order chi connectivity index (χ0) is 12.5. The summed E-state index contributed by atoms with van der Waals surface area (Å²) in [6.07, 6.45) is 3.94. The Morgan fingerprint density at radius 3 is 2.71 bits per heavy atom. The number of ether oxygens (including phenoxy) is 1. The molecule has 0 radical (unpaired) electrons. The van der Waals surface area contributed by atoms with Gasteiger partial charge in [-0.2, -0.15) is 0 Å². The molecular weight excluding hydrogens is 222 g/mol. The first-order valence-corrected chi connectivity index (χ1v) is 6.24. The molecule has 1 aliphatic heterocycles. The normalized spacial score (nSPS) is 19.9. The maximum atomic E-state index is 11.4. The maximum absolute atomic E-state index is 11.4. The maximum Gasteiger partial charge on any atom is 0.303 e. The lowest BCUT2D eigenvalue weighted by atomic mass is 10.0. The fraction of sp³-hybridized carbons (Fsp3) is 0.833. The lowest BCUT2D eigenvalue weighted by Gasteiger charge is -2.22. The number of nitrogens with one attached hydrogen (secondary N) is 1. The highest BCUT2D eigenvalue weighted by atomic mass is 16.5. The fourth-order valence-corrected chi connectivity index (χ4v) is 1.88. The largest absolute Gasteiger partial charge is 0.481 e. The molecule has 1 aliphatic rings. The van der Waals surface area contributed by atoms with E-state index in [1.807, 2.05) is 0 Å². The molecule has 1 amide bonds.